The molecule has 0 N–H and O–H groups in total. The van der Waals surface area contributed by atoms with Crippen molar-refractivity contribution < 1.29 is 23.9 Å². The van der Waals surface area contributed by atoms with Crippen molar-refractivity contribution in [2.45, 2.75) is 24.8 Å². The highest BCUT2D eigenvalue weighted by Crippen LogP contribution is 2.44. The third kappa shape index (κ3) is 4.61. The smallest absolute Gasteiger partial charge is 0.241 e. The van der Waals surface area contributed by atoms with Crippen LogP contribution in [-0.2, 0) is 31.1 Å². The lowest BCUT2D eigenvalue weighted by Crippen LogP contribution is -2.43. The fourth-order valence-electron chi connectivity index (χ4n) is 4.74. The number of aromatic nitrogens is 1. The molecule has 182 valence electrons. The Morgan fingerprint density at radius 1 is 1.09 bits per heavy atom. The molecule has 1 aliphatic heterocycles. The molecule has 8 nitrogen and oxygen atoms in total. The number of benzene rings is 2. The molecule has 0 saturated carbocycles. The molecule has 3 amide bonds. The van der Waals surface area contributed by atoms with Gasteiger partial charge < -0.3 is 14.4 Å². The van der Waals surface area contributed by atoms with E-state index >= 15 is 0 Å². The molecule has 0 radical (unpaired) electrons. The van der Waals surface area contributed by atoms with E-state index in [-0.39, 0.29) is 37.8 Å². The van der Waals surface area contributed by atoms with E-state index in [1.165, 1.54) is 19.1 Å². The summed E-state index contributed by atoms with van der Waals surface area (Å²) in [5.41, 5.74) is 0.996. The van der Waals surface area contributed by atoms with Crippen molar-refractivity contribution >= 4 is 28.6 Å². The van der Waals surface area contributed by atoms with Crippen molar-refractivity contribution in [1.29, 1.82) is 0 Å². The number of carbonyl (C=O) groups is 3. The number of carbonyl (C=O) groups excluding carboxylic acids is 3. The molecule has 0 spiro atoms. The zero-order valence-electron chi connectivity index (χ0n) is 20.2. The molecule has 2 heterocycles. The molecule has 1 aliphatic rings. The number of hydrogen-bond acceptors (Lipinski definition) is 6. The van der Waals surface area contributed by atoms with Crippen LogP contribution in [0.15, 0.2) is 60.8 Å². The molecule has 4 rings (SSSR count). The number of imide groups is 1. The van der Waals surface area contributed by atoms with Gasteiger partial charge in [-0.15, -0.1) is 0 Å². The fourth-order valence-corrected chi connectivity index (χ4v) is 4.74. The Morgan fingerprint density at radius 2 is 1.89 bits per heavy atom. The zero-order chi connectivity index (χ0) is 25.0. The Kier molecular flexibility index (Phi) is 7.12. The van der Waals surface area contributed by atoms with Crippen LogP contribution in [0.5, 0.6) is 5.75 Å². The van der Waals surface area contributed by atoms with Crippen molar-refractivity contribution in [3.63, 3.8) is 0 Å². The third-order valence-electron chi connectivity index (χ3n) is 6.57. The predicted octanol–water partition coefficient (Wildman–Crippen LogP) is 2.94. The molecule has 8 heteroatoms. The van der Waals surface area contributed by atoms with Crippen LogP contribution in [0.25, 0.3) is 10.9 Å². The minimum absolute atomic E-state index is 0.103. The normalized spacial score (nSPS) is 17.7. The highest BCUT2D eigenvalue weighted by atomic mass is 16.5. The Balaban J connectivity index is 1.66. The average molecular weight is 476 g/mol. The van der Waals surface area contributed by atoms with E-state index < -0.39 is 11.3 Å². The van der Waals surface area contributed by atoms with Gasteiger partial charge in [0.15, 0.2) is 0 Å². The van der Waals surface area contributed by atoms with Crippen molar-refractivity contribution in [1.82, 2.24) is 14.8 Å². The lowest BCUT2D eigenvalue weighted by atomic mass is 9.75. The summed E-state index contributed by atoms with van der Waals surface area (Å²) in [6.07, 6.45) is 1.48. The summed E-state index contributed by atoms with van der Waals surface area (Å²) in [6, 6.07) is 16.7. The Labute approximate surface area is 204 Å². The molecule has 2 aromatic carbocycles. The molecule has 0 bridgehead atoms. The van der Waals surface area contributed by atoms with Gasteiger partial charge in [-0.25, -0.2) is 0 Å². The van der Waals surface area contributed by atoms with Gasteiger partial charge in [-0.3, -0.25) is 24.3 Å². The molecule has 0 unspecified atom stereocenters. The van der Waals surface area contributed by atoms with Gasteiger partial charge in [0.2, 0.25) is 17.7 Å². The van der Waals surface area contributed by atoms with Crippen LogP contribution in [0, 0.1) is 0 Å². The summed E-state index contributed by atoms with van der Waals surface area (Å²) in [7, 11) is 4.73. The number of hydrogen-bond donors (Lipinski definition) is 0. The van der Waals surface area contributed by atoms with Crippen molar-refractivity contribution in [2.24, 2.45) is 0 Å². The highest BCUT2D eigenvalue weighted by Gasteiger charge is 2.55. The molecule has 35 heavy (non-hydrogen) atoms. The average Bonchev–Trinajstić information content (AvgIpc) is 3.11. The van der Waals surface area contributed by atoms with Crippen LogP contribution in [0.4, 0.5) is 0 Å². The van der Waals surface area contributed by atoms with Crippen molar-refractivity contribution in [3.8, 4) is 5.75 Å². The number of para-hydroxylation sites is 1. The van der Waals surface area contributed by atoms with Crippen LogP contribution < -0.4 is 4.74 Å². The first kappa shape index (κ1) is 24.3. The first-order valence-corrected chi connectivity index (χ1v) is 11.4. The van der Waals surface area contributed by atoms with Crippen molar-refractivity contribution in [2.75, 3.05) is 34.4 Å². The predicted molar refractivity (Wildman–Crippen MR) is 131 cm³/mol. The van der Waals surface area contributed by atoms with Crippen LogP contribution in [-0.4, -0.2) is 66.9 Å². The summed E-state index contributed by atoms with van der Waals surface area (Å²) in [5, 5.41) is 0.965. The van der Waals surface area contributed by atoms with Gasteiger partial charge in [-0.05, 0) is 23.8 Å². The number of ether oxygens (including phenoxy) is 2. The van der Waals surface area contributed by atoms with E-state index in [9.17, 15) is 14.4 Å². The summed E-state index contributed by atoms with van der Waals surface area (Å²) >= 11 is 0. The summed E-state index contributed by atoms with van der Waals surface area (Å²) < 4.78 is 10.6. The second kappa shape index (κ2) is 10.2. The molecule has 0 aliphatic carbocycles. The van der Waals surface area contributed by atoms with Gasteiger partial charge in [0.05, 0.1) is 31.2 Å². The Bertz CT molecular complexity index is 1260. The van der Waals surface area contributed by atoms with Crippen LogP contribution in [0.2, 0.25) is 0 Å². The first-order chi connectivity index (χ1) is 16.9. The number of methoxy groups -OCH3 is 2. The topological polar surface area (TPSA) is 89.0 Å². The molecule has 3 aromatic rings. The highest BCUT2D eigenvalue weighted by molar-refractivity contribution is 6.11. The maximum absolute atomic E-state index is 13.7. The standard InChI is InChI=1S/C27H29N3O5/c1-29(18-19-8-6-11-22-20(19)9-7-13-28-22)24(31)16-27(21-10-4-5-12-23(21)35-3)17-25(32)30(26(27)33)14-15-34-2/h4-13H,14-18H2,1-3H3/t27-/m1/s1. The van der Waals surface area contributed by atoms with E-state index in [1.54, 1.807) is 42.4 Å². The van der Waals surface area contributed by atoms with E-state index in [0.29, 0.717) is 17.9 Å². The minimum atomic E-state index is -1.34. The van der Waals surface area contributed by atoms with E-state index in [2.05, 4.69) is 4.98 Å². The van der Waals surface area contributed by atoms with Gasteiger partial charge in [-0.1, -0.05) is 36.4 Å². The first-order valence-electron chi connectivity index (χ1n) is 11.4. The lowest BCUT2D eigenvalue weighted by molar-refractivity contribution is -0.143. The van der Waals surface area contributed by atoms with Gasteiger partial charge in [0, 0.05) is 50.7 Å². The van der Waals surface area contributed by atoms with Crippen LogP contribution in [0.1, 0.15) is 24.0 Å². The molecular formula is C27H29N3O5. The maximum Gasteiger partial charge on any atom is 0.241 e. The number of likely N-dealkylation sites (tertiary alicyclic amines) is 1. The summed E-state index contributed by atoms with van der Waals surface area (Å²) in [6.45, 7) is 0.708. The zero-order valence-corrected chi connectivity index (χ0v) is 20.2. The lowest BCUT2D eigenvalue weighted by Gasteiger charge is -2.30. The Hall–Kier alpha value is -3.78. The SMILES string of the molecule is COCCN1C(=O)C[C@](CC(=O)N(C)Cc2cccc3ncccc23)(c2ccccc2OC)C1=O. The fraction of sp³-hybridized carbons (Fsp3) is 0.333. The quantitative estimate of drug-likeness (QED) is 0.442. The van der Waals surface area contributed by atoms with Gasteiger partial charge in [0.25, 0.3) is 0 Å². The number of amides is 3. The summed E-state index contributed by atoms with van der Waals surface area (Å²) in [5.74, 6) is -0.502. The molecule has 1 saturated heterocycles. The Morgan fingerprint density at radius 3 is 2.66 bits per heavy atom. The van der Waals surface area contributed by atoms with E-state index in [4.69, 9.17) is 9.47 Å². The molecule has 1 atom stereocenters. The number of pyridine rings is 1. The minimum Gasteiger partial charge on any atom is -0.496 e. The van der Waals surface area contributed by atoms with E-state index in [0.717, 1.165) is 16.5 Å². The third-order valence-corrected chi connectivity index (χ3v) is 6.57. The molecule has 1 aromatic heterocycles. The molecule has 1 fully saturated rings. The van der Waals surface area contributed by atoms with Crippen molar-refractivity contribution in [3.05, 3.63) is 71.9 Å². The van der Waals surface area contributed by atoms with Gasteiger partial charge >= 0.3 is 0 Å². The number of rotatable bonds is 9. The van der Waals surface area contributed by atoms with Crippen LogP contribution in [0.3, 0.4) is 0 Å². The van der Waals surface area contributed by atoms with E-state index in [1.807, 2.05) is 30.3 Å². The second-order valence-corrected chi connectivity index (χ2v) is 8.72. The van der Waals surface area contributed by atoms with Gasteiger partial charge in [0.1, 0.15) is 5.75 Å². The van der Waals surface area contributed by atoms with Crippen LogP contribution >= 0.6 is 0 Å². The van der Waals surface area contributed by atoms with Gasteiger partial charge in [-0.2, -0.15) is 0 Å². The largest absolute Gasteiger partial charge is 0.496 e. The monoisotopic (exact) mass is 475 g/mol. The number of fused-ring (bicyclic) bond motifs is 1. The second-order valence-electron chi connectivity index (χ2n) is 8.72. The summed E-state index contributed by atoms with van der Waals surface area (Å²) in [4.78, 5) is 47.4. The molecular weight excluding hydrogens is 446 g/mol. The maximum atomic E-state index is 13.7. The number of nitrogens with zero attached hydrogens (tertiary/aromatic N) is 3.